The van der Waals surface area contributed by atoms with Gasteiger partial charge >= 0.3 is 0 Å². The molecule has 0 radical (unpaired) electrons. The van der Waals surface area contributed by atoms with Gasteiger partial charge in [0.25, 0.3) is 0 Å². The van der Waals surface area contributed by atoms with Gasteiger partial charge in [-0.15, -0.1) is 0 Å². The van der Waals surface area contributed by atoms with Crippen LogP contribution in [0, 0.1) is 0 Å². The molecule has 0 aliphatic rings. The number of methoxy groups -OCH3 is 3. The highest BCUT2D eigenvalue weighted by atomic mass is 16.7. The van der Waals surface area contributed by atoms with Crippen LogP contribution in [0.15, 0.2) is 78.9 Å². The van der Waals surface area contributed by atoms with Gasteiger partial charge < -0.3 is 33.2 Å². The van der Waals surface area contributed by atoms with E-state index in [2.05, 4.69) is 0 Å². The Balaban J connectivity index is 1.68. The maximum atomic E-state index is 6.31. The van der Waals surface area contributed by atoms with E-state index >= 15 is 0 Å². The average molecular weight is 497 g/mol. The van der Waals surface area contributed by atoms with Crippen LogP contribution >= 0.6 is 0 Å². The molecule has 0 aliphatic carbocycles. The molecule has 0 saturated heterocycles. The molecule has 0 saturated carbocycles. The van der Waals surface area contributed by atoms with Gasteiger partial charge in [0.05, 0.1) is 47.3 Å². The minimum atomic E-state index is -0.370. The molecule has 0 bridgehead atoms. The lowest BCUT2D eigenvalue weighted by molar-refractivity contribution is -0.152. The van der Waals surface area contributed by atoms with Gasteiger partial charge in [0.15, 0.2) is 11.5 Å². The van der Waals surface area contributed by atoms with Crippen LogP contribution in [0.4, 0.5) is 0 Å². The van der Waals surface area contributed by atoms with Crippen molar-refractivity contribution in [1.29, 1.82) is 0 Å². The second-order valence-corrected chi connectivity index (χ2v) is 8.15. The van der Waals surface area contributed by atoms with Gasteiger partial charge in [-0.25, -0.2) is 0 Å². The van der Waals surface area contributed by atoms with Crippen molar-refractivity contribution < 1.29 is 33.2 Å². The lowest BCUT2D eigenvalue weighted by Crippen LogP contribution is -2.39. The largest absolute Gasteiger partial charge is 0.493 e. The van der Waals surface area contributed by atoms with Crippen molar-refractivity contribution in [3.05, 3.63) is 95.6 Å². The van der Waals surface area contributed by atoms with Crippen LogP contribution in [0.25, 0.3) is 0 Å². The van der Waals surface area contributed by atoms with E-state index in [1.165, 1.54) is 0 Å². The molecule has 0 aromatic heterocycles. The smallest absolute Gasteiger partial charge is 0.161 e. The molecule has 194 valence electrons. The van der Waals surface area contributed by atoms with Crippen molar-refractivity contribution in [3.8, 4) is 11.5 Å². The maximum Gasteiger partial charge on any atom is 0.161 e. The quantitative estimate of drug-likeness (QED) is 0.192. The Bertz CT molecular complexity index is 981. The summed E-state index contributed by atoms with van der Waals surface area (Å²) in [7, 11) is 4.82. The van der Waals surface area contributed by atoms with E-state index in [4.69, 9.17) is 33.2 Å². The zero-order valence-electron chi connectivity index (χ0n) is 21.3. The fourth-order valence-electron chi connectivity index (χ4n) is 3.59. The summed E-state index contributed by atoms with van der Waals surface area (Å²) in [5, 5.41) is 0. The predicted octanol–water partition coefficient (Wildman–Crippen LogP) is 5.01. The van der Waals surface area contributed by atoms with E-state index < -0.39 is 0 Å². The Morgan fingerprint density at radius 3 is 1.64 bits per heavy atom. The Labute approximate surface area is 213 Å². The van der Waals surface area contributed by atoms with Crippen LogP contribution in [0.5, 0.6) is 11.5 Å². The Morgan fingerprint density at radius 2 is 1.11 bits per heavy atom. The molecule has 3 rings (SSSR count). The molecule has 2 atom stereocenters. The molecular formula is C29H36O7. The first-order valence-electron chi connectivity index (χ1n) is 11.9. The molecule has 3 aromatic rings. The molecule has 0 unspecified atom stereocenters. The number of ether oxygens (including phenoxy) is 7. The van der Waals surface area contributed by atoms with Crippen molar-refractivity contribution in [2.24, 2.45) is 0 Å². The van der Waals surface area contributed by atoms with Crippen molar-refractivity contribution in [2.45, 2.75) is 32.0 Å². The van der Waals surface area contributed by atoms with Crippen LogP contribution in [-0.4, -0.2) is 53.5 Å². The van der Waals surface area contributed by atoms with Crippen LogP contribution in [0.1, 0.15) is 16.7 Å². The fourth-order valence-corrected chi connectivity index (χ4v) is 3.59. The van der Waals surface area contributed by atoms with Crippen molar-refractivity contribution in [1.82, 2.24) is 0 Å². The number of hydrogen-bond donors (Lipinski definition) is 0. The zero-order chi connectivity index (χ0) is 25.4. The summed E-state index contributed by atoms with van der Waals surface area (Å²) in [6, 6.07) is 25.8. The monoisotopic (exact) mass is 496 g/mol. The van der Waals surface area contributed by atoms with Crippen molar-refractivity contribution in [3.63, 3.8) is 0 Å². The van der Waals surface area contributed by atoms with Crippen LogP contribution in [0.2, 0.25) is 0 Å². The third-order valence-corrected chi connectivity index (χ3v) is 5.51. The van der Waals surface area contributed by atoms with Gasteiger partial charge in [0.1, 0.15) is 19.0 Å². The van der Waals surface area contributed by atoms with Gasteiger partial charge in [0, 0.05) is 7.11 Å². The summed E-state index contributed by atoms with van der Waals surface area (Å²) >= 11 is 0. The molecule has 0 heterocycles. The Hall–Kier alpha value is -2.94. The number of benzene rings is 3. The summed E-state index contributed by atoms with van der Waals surface area (Å²) in [5.74, 6) is 1.34. The summed E-state index contributed by atoms with van der Waals surface area (Å²) in [6.07, 6.45) is -0.736. The summed E-state index contributed by atoms with van der Waals surface area (Å²) < 4.78 is 40.2. The fraction of sp³-hybridized carbons (Fsp3) is 0.379. The Morgan fingerprint density at radius 1 is 0.556 bits per heavy atom. The summed E-state index contributed by atoms with van der Waals surface area (Å²) in [4.78, 5) is 0. The molecule has 0 aliphatic heterocycles. The molecule has 0 amide bonds. The van der Waals surface area contributed by atoms with Crippen LogP contribution < -0.4 is 9.47 Å². The molecule has 36 heavy (non-hydrogen) atoms. The third kappa shape index (κ3) is 9.26. The van der Waals surface area contributed by atoms with Crippen molar-refractivity contribution >= 4 is 0 Å². The summed E-state index contributed by atoms with van der Waals surface area (Å²) in [6.45, 7) is 2.04. The van der Waals surface area contributed by atoms with Crippen LogP contribution in [0.3, 0.4) is 0 Å². The maximum absolute atomic E-state index is 6.31. The summed E-state index contributed by atoms with van der Waals surface area (Å²) in [5.41, 5.74) is 3.11. The predicted molar refractivity (Wildman–Crippen MR) is 137 cm³/mol. The Kier molecular flexibility index (Phi) is 12.2. The molecule has 0 spiro atoms. The normalized spacial score (nSPS) is 12.8. The van der Waals surface area contributed by atoms with E-state index in [-0.39, 0.29) is 19.0 Å². The molecule has 7 heteroatoms. The average Bonchev–Trinajstić information content (AvgIpc) is 2.93. The van der Waals surface area contributed by atoms with Gasteiger partial charge in [-0.05, 0) is 28.8 Å². The van der Waals surface area contributed by atoms with E-state index in [9.17, 15) is 0 Å². The van der Waals surface area contributed by atoms with Gasteiger partial charge in [-0.3, -0.25) is 0 Å². The highest BCUT2D eigenvalue weighted by molar-refractivity contribution is 5.42. The topological polar surface area (TPSA) is 64.6 Å². The minimum Gasteiger partial charge on any atom is -0.493 e. The second-order valence-electron chi connectivity index (χ2n) is 8.15. The molecule has 0 fully saturated rings. The third-order valence-electron chi connectivity index (χ3n) is 5.51. The highest BCUT2D eigenvalue weighted by Crippen LogP contribution is 2.28. The van der Waals surface area contributed by atoms with Gasteiger partial charge in [-0.2, -0.15) is 0 Å². The first-order chi connectivity index (χ1) is 17.7. The molecular weight excluding hydrogens is 460 g/mol. The van der Waals surface area contributed by atoms with Crippen LogP contribution in [-0.2, 0) is 43.5 Å². The first kappa shape index (κ1) is 27.6. The molecule has 7 nitrogen and oxygen atoms in total. The molecule has 3 aromatic carbocycles. The van der Waals surface area contributed by atoms with E-state index in [0.29, 0.717) is 44.5 Å². The first-order valence-corrected chi connectivity index (χ1v) is 11.9. The lowest BCUT2D eigenvalue weighted by Gasteiger charge is -2.27. The lowest BCUT2D eigenvalue weighted by atomic mass is 10.2. The van der Waals surface area contributed by atoms with Gasteiger partial charge in [-0.1, -0.05) is 66.7 Å². The molecule has 0 N–H and O–H groups in total. The highest BCUT2D eigenvalue weighted by Gasteiger charge is 2.25. The number of hydrogen-bond acceptors (Lipinski definition) is 7. The van der Waals surface area contributed by atoms with E-state index in [0.717, 1.165) is 16.7 Å². The zero-order valence-corrected chi connectivity index (χ0v) is 21.3. The van der Waals surface area contributed by atoms with Gasteiger partial charge in [0.2, 0.25) is 0 Å². The van der Waals surface area contributed by atoms with E-state index in [1.807, 2.05) is 78.9 Å². The standard InChI is InChI=1S/C29H36O7/c1-30-22-34-21-29(36-19-24-12-8-5-9-13-24)28(35-18-23-10-6-4-7-11-23)20-33-17-25-14-15-26(31-2)27(16-25)32-3/h4-16,28-29H,17-22H2,1-3H3/t28-,29-/m0/s1. The SMILES string of the molecule is COCOC[C@H](OCc1ccccc1)[C@H](COCc1ccc(OC)c(OC)c1)OCc1ccccc1. The van der Waals surface area contributed by atoms with Crippen molar-refractivity contribution in [2.75, 3.05) is 41.3 Å². The number of rotatable bonds is 17. The minimum absolute atomic E-state index is 0.170. The van der Waals surface area contributed by atoms with E-state index in [1.54, 1.807) is 21.3 Å². The second kappa shape index (κ2) is 15.9.